The highest BCUT2D eigenvalue weighted by Crippen LogP contribution is 2.34. The van der Waals surface area contributed by atoms with Gasteiger partial charge in [0.25, 0.3) is 0 Å². The number of aryl methyl sites for hydroxylation is 3. The van der Waals surface area contributed by atoms with E-state index in [0.29, 0.717) is 31.2 Å². The summed E-state index contributed by atoms with van der Waals surface area (Å²) in [5.74, 6) is -0.162. The van der Waals surface area contributed by atoms with E-state index in [9.17, 15) is 4.79 Å². The Labute approximate surface area is 163 Å². The third kappa shape index (κ3) is 3.64. The number of thiazole rings is 1. The lowest BCUT2D eigenvalue weighted by molar-refractivity contribution is -0.124. The minimum Gasteiger partial charge on any atom is -0.381 e. The lowest BCUT2D eigenvalue weighted by Gasteiger charge is -2.31. The molecule has 0 radical (unpaired) electrons. The average molecular weight is 394 g/mol. The monoisotopic (exact) mass is 393 g/mol. The summed E-state index contributed by atoms with van der Waals surface area (Å²) < 4.78 is 5.31. The summed E-state index contributed by atoms with van der Waals surface area (Å²) in [4.78, 5) is 18.3. The van der Waals surface area contributed by atoms with Gasteiger partial charge in [-0.1, -0.05) is 12.1 Å². The first-order chi connectivity index (χ1) is 12.0. The SMILES string of the molecule is Cc1sc(NC(=O)C2(N)CCOCC2)nc1-c1ccc2c(c1)CCC2.Cl. The topological polar surface area (TPSA) is 77.2 Å². The van der Waals surface area contributed by atoms with Gasteiger partial charge in [-0.25, -0.2) is 4.98 Å². The smallest absolute Gasteiger partial charge is 0.246 e. The zero-order valence-corrected chi connectivity index (χ0v) is 16.5. The fraction of sp³-hybridized carbons (Fsp3) is 0.474. The molecule has 2 aromatic rings. The lowest BCUT2D eigenvalue weighted by atomic mass is 9.90. The van der Waals surface area contributed by atoms with Crippen molar-refractivity contribution in [3.63, 3.8) is 0 Å². The van der Waals surface area contributed by atoms with E-state index in [4.69, 9.17) is 10.5 Å². The van der Waals surface area contributed by atoms with Gasteiger partial charge in [-0.15, -0.1) is 23.7 Å². The van der Waals surface area contributed by atoms with Crippen molar-refractivity contribution >= 4 is 34.8 Å². The van der Waals surface area contributed by atoms with E-state index in [1.807, 2.05) is 6.92 Å². The molecule has 1 saturated heterocycles. The van der Waals surface area contributed by atoms with Gasteiger partial charge in [0.2, 0.25) is 5.91 Å². The number of hydrogen-bond acceptors (Lipinski definition) is 5. The van der Waals surface area contributed by atoms with Gasteiger partial charge in [-0.05, 0) is 56.2 Å². The second kappa shape index (κ2) is 7.64. The summed E-state index contributed by atoms with van der Waals surface area (Å²) >= 11 is 1.50. The molecule has 2 aliphatic rings. The number of aromatic nitrogens is 1. The van der Waals surface area contributed by atoms with Crippen LogP contribution in [0.3, 0.4) is 0 Å². The highest BCUT2D eigenvalue weighted by Gasteiger charge is 2.36. The van der Waals surface area contributed by atoms with E-state index in [-0.39, 0.29) is 18.3 Å². The van der Waals surface area contributed by atoms with Crippen molar-refractivity contribution in [2.75, 3.05) is 18.5 Å². The Hall–Kier alpha value is -1.47. The Kier molecular flexibility index (Phi) is 5.67. The number of nitrogens with two attached hydrogens (primary N) is 1. The average Bonchev–Trinajstić information content (AvgIpc) is 3.21. The summed E-state index contributed by atoms with van der Waals surface area (Å²) in [6.45, 7) is 3.10. The molecular weight excluding hydrogens is 370 g/mol. The lowest BCUT2D eigenvalue weighted by Crippen LogP contribution is -2.54. The normalized spacial score (nSPS) is 18.1. The summed E-state index contributed by atoms with van der Waals surface area (Å²) in [6.07, 6.45) is 4.64. The van der Waals surface area contributed by atoms with Crippen LogP contribution < -0.4 is 11.1 Å². The van der Waals surface area contributed by atoms with E-state index in [0.717, 1.165) is 22.6 Å². The number of anilines is 1. The Morgan fingerprint density at radius 2 is 2.00 bits per heavy atom. The van der Waals surface area contributed by atoms with Gasteiger partial charge in [0.1, 0.15) is 5.54 Å². The second-order valence-electron chi connectivity index (χ2n) is 6.98. The van der Waals surface area contributed by atoms with Crippen LogP contribution >= 0.6 is 23.7 Å². The number of fused-ring (bicyclic) bond motifs is 1. The molecule has 7 heteroatoms. The maximum absolute atomic E-state index is 12.6. The Morgan fingerprint density at radius 1 is 1.27 bits per heavy atom. The molecular formula is C19H24ClN3O2S. The molecule has 0 atom stereocenters. The van der Waals surface area contributed by atoms with Gasteiger partial charge < -0.3 is 15.8 Å². The number of hydrogen-bond donors (Lipinski definition) is 2. The first-order valence-corrected chi connectivity index (χ1v) is 9.64. The molecule has 1 aromatic heterocycles. The summed E-state index contributed by atoms with van der Waals surface area (Å²) in [5, 5.41) is 3.54. The largest absolute Gasteiger partial charge is 0.381 e. The Bertz CT molecular complexity index is 815. The predicted molar refractivity (Wildman–Crippen MR) is 107 cm³/mol. The molecule has 0 spiro atoms. The molecule has 3 N–H and O–H groups in total. The molecule has 1 fully saturated rings. The Balaban J connectivity index is 0.00000196. The standard InChI is InChI=1S/C19H23N3O2S.ClH/c1-12-16(15-6-5-13-3-2-4-14(13)11-15)21-18(25-12)22-17(23)19(20)7-9-24-10-8-19;/h5-6,11H,2-4,7-10,20H2,1H3,(H,21,22,23);1H. The van der Waals surface area contributed by atoms with Gasteiger partial charge in [0.05, 0.1) is 5.69 Å². The van der Waals surface area contributed by atoms with Gasteiger partial charge in [-0.3, -0.25) is 4.79 Å². The van der Waals surface area contributed by atoms with Crippen molar-refractivity contribution in [3.05, 3.63) is 34.2 Å². The van der Waals surface area contributed by atoms with Crippen LogP contribution in [0.1, 0.15) is 35.3 Å². The number of nitrogens with one attached hydrogen (secondary N) is 1. The maximum Gasteiger partial charge on any atom is 0.246 e. The number of halogens is 1. The van der Waals surface area contributed by atoms with Gasteiger partial charge in [0.15, 0.2) is 5.13 Å². The van der Waals surface area contributed by atoms with E-state index >= 15 is 0 Å². The zero-order chi connectivity index (χ0) is 17.4. The van der Waals surface area contributed by atoms with Crippen molar-refractivity contribution in [1.82, 2.24) is 4.98 Å². The molecule has 1 aliphatic carbocycles. The van der Waals surface area contributed by atoms with Crippen molar-refractivity contribution in [3.8, 4) is 11.3 Å². The number of carbonyl (C=O) groups is 1. The van der Waals surface area contributed by atoms with Gasteiger partial charge in [-0.2, -0.15) is 0 Å². The molecule has 1 aliphatic heterocycles. The summed E-state index contributed by atoms with van der Waals surface area (Å²) in [7, 11) is 0. The van der Waals surface area contributed by atoms with Crippen LogP contribution in [0.4, 0.5) is 5.13 Å². The third-order valence-corrected chi connectivity index (χ3v) is 6.11. The van der Waals surface area contributed by atoms with Crippen LogP contribution in [0.15, 0.2) is 18.2 Å². The van der Waals surface area contributed by atoms with Gasteiger partial charge >= 0.3 is 0 Å². The van der Waals surface area contributed by atoms with Crippen LogP contribution in [-0.2, 0) is 22.4 Å². The number of carbonyl (C=O) groups excluding carboxylic acids is 1. The van der Waals surface area contributed by atoms with Crippen LogP contribution in [0.5, 0.6) is 0 Å². The van der Waals surface area contributed by atoms with Crippen LogP contribution in [0.2, 0.25) is 0 Å². The fourth-order valence-electron chi connectivity index (χ4n) is 3.62. The third-order valence-electron chi connectivity index (χ3n) is 5.23. The molecule has 0 unspecified atom stereocenters. The maximum atomic E-state index is 12.6. The zero-order valence-electron chi connectivity index (χ0n) is 14.8. The number of amides is 1. The quantitative estimate of drug-likeness (QED) is 0.836. The molecule has 0 bridgehead atoms. The molecule has 1 amide bonds. The van der Waals surface area contributed by atoms with E-state index in [1.165, 1.54) is 35.3 Å². The molecule has 140 valence electrons. The number of nitrogens with zero attached hydrogens (tertiary/aromatic N) is 1. The minimum absolute atomic E-state index is 0. The van der Waals surface area contributed by atoms with E-state index in [1.54, 1.807) is 0 Å². The molecule has 5 nitrogen and oxygen atoms in total. The molecule has 2 heterocycles. The molecule has 1 aromatic carbocycles. The number of ether oxygens (including phenoxy) is 1. The van der Waals surface area contributed by atoms with Crippen molar-refractivity contribution in [2.45, 2.75) is 44.6 Å². The first-order valence-electron chi connectivity index (χ1n) is 8.83. The molecule has 26 heavy (non-hydrogen) atoms. The highest BCUT2D eigenvalue weighted by atomic mass is 35.5. The van der Waals surface area contributed by atoms with Gasteiger partial charge in [0, 0.05) is 23.7 Å². The molecule has 0 saturated carbocycles. The highest BCUT2D eigenvalue weighted by molar-refractivity contribution is 7.16. The van der Waals surface area contributed by atoms with E-state index in [2.05, 4.69) is 28.5 Å². The second-order valence-corrected chi connectivity index (χ2v) is 8.19. The fourth-order valence-corrected chi connectivity index (χ4v) is 4.45. The number of rotatable bonds is 3. The van der Waals surface area contributed by atoms with Crippen LogP contribution in [0.25, 0.3) is 11.3 Å². The number of benzene rings is 1. The van der Waals surface area contributed by atoms with E-state index < -0.39 is 5.54 Å². The van der Waals surface area contributed by atoms with Crippen LogP contribution in [-0.4, -0.2) is 29.6 Å². The summed E-state index contributed by atoms with van der Waals surface area (Å²) in [5.41, 5.74) is 10.4. The predicted octanol–water partition coefficient (Wildman–Crippen LogP) is 3.48. The molecule has 4 rings (SSSR count). The first kappa shape index (κ1) is 19.3. The van der Waals surface area contributed by atoms with Crippen molar-refractivity contribution in [2.24, 2.45) is 5.73 Å². The van der Waals surface area contributed by atoms with Crippen molar-refractivity contribution in [1.29, 1.82) is 0 Å². The van der Waals surface area contributed by atoms with Crippen LogP contribution in [0, 0.1) is 6.92 Å². The Morgan fingerprint density at radius 3 is 2.77 bits per heavy atom. The summed E-state index contributed by atoms with van der Waals surface area (Å²) in [6, 6.07) is 6.60. The van der Waals surface area contributed by atoms with Crippen molar-refractivity contribution < 1.29 is 9.53 Å². The minimum atomic E-state index is -0.856.